The smallest absolute Gasteiger partial charge is 0.337 e. The van der Waals surface area contributed by atoms with E-state index in [2.05, 4.69) is 0 Å². The highest BCUT2D eigenvalue weighted by Gasteiger charge is 2.44. The standard InChI is InChI=1S/C24H25NO8/c1-28-17-5-4-13(22(29-2)23(17)30-3)20-14-10-18-19(32-9-8-31-18)11-15(14)25(6-7-26)16-12-33-24(27)21(16)20/h4-5,10-11,20,26H,6-9,12H2,1-3H3. The van der Waals surface area contributed by atoms with Gasteiger partial charge in [-0.15, -0.1) is 0 Å². The Labute approximate surface area is 191 Å². The first-order chi connectivity index (χ1) is 16.1. The van der Waals surface area contributed by atoms with E-state index < -0.39 is 11.9 Å². The molecule has 5 rings (SSSR count). The third-order valence-electron chi connectivity index (χ3n) is 6.15. The van der Waals surface area contributed by atoms with Crippen molar-refractivity contribution in [1.29, 1.82) is 0 Å². The number of ether oxygens (including phenoxy) is 6. The lowest BCUT2D eigenvalue weighted by Crippen LogP contribution is -2.33. The number of aliphatic hydroxyl groups excluding tert-OH is 1. The summed E-state index contributed by atoms with van der Waals surface area (Å²) in [7, 11) is 4.64. The fraction of sp³-hybridized carbons (Fsp3) is 0.375. The molecule has 174 valence electrons. The molecule has 33 heavy (non-hydrogen) atoms. The van der Waals surface area contributed by atoms with E-state index in [9.17, 15) is 9.90 Å². The Hall–Kier alpha value is -3.59. The molecule has 0 saturated heterocycles. The number of β-amino-alcohol motifs (C(OH)–C–C–N with tert-alkyl or cyclic N) is 1. The van der Waals surface area contributed by atoms with Gasteiger partial charge >= 0.3 is 5.97 Å². The lowest BCUT2D eigenvalue weighted by atomic mass is 9.79. The lowest BCUT2D eigenvalue weighted by molar-refractivity contribution is -0.136. The Kier molecular flexibility index (Phi) is 5.41. The summed E-state index contributed by atoms with van der Waals surface area (Å²) in [5.74, 6) is 1.72. The van der Waals surface area contributed by atoms with Gasteiger partial charge in [0.25, 0.3) is 0 Å². The van der Waals surface area contributed by atoms with Gasteiger partial charge in [-0.25, -0.2) is 4.79 Å². The van der Waals surface area contributed by atoms with Gasteiger partial charge in [0, 0.05) is 29.8 Å². The molecule has 0 amide bonds. The van der Waals surface area contributed by atoms with Crippen LogP contribution in [0.25, 0.3) is 0 Å². The van der Waals surface area contributed by atoms with Crippen LogP contribution in [0, 0.1) is 0 Å². The molecule has 9 nitrogen and oxygen atoms in total. The van der Waals surface area contributed by atoms with Gasteiger partial charge in [-0.2, -0.15) is 0 Å². The van der Waals surface area contributed by atoms with Gasteiger partial charge in [0.05, 0.1) is 39.2 Å². The van der Waals surface area contributed by atoms with Crippen LogP contribution in [0.3, 0.4) is 0 Å². The van der Waals surface area contributed by atoms with Gasteiger partial charge in [-0.05, 0) is 17.7 Å². The predicted octanol–water partition coefficient (Wildman–Crippen LogP) is 2.24. The summed E-state index contributed by atoms with van der Waals surface area (Å²) in [6.07, 6.45) is 0. The average Bonchev–Trinajstić information content (AvgIpc) is 3.23. The molecule has 0 spiro atoms. The Morgan fingerprint density at radius 2 is 1.70 bits per heavy atom. The van der Waals surface area contributed by atoms with Crippen molar-refractivity contribution in [2.24, 2.45) is 0 Å². The van der Waals surface area contributed by atoms with Gasteiger partial charge in [-0.3, -0.25) is 0 Å². The zero-order chi connectivity index (χ0) is 23.1. The average molecular weight is 455 g/mol. The molecule has 3 aliphatic rings. The lowest BCUT2D eigenvalue weighted by Gasteiger charge is -2.37. The minimum Gasteiger partial charge on any atom is -0.493 e. The van der Waals surface area contributed by atoms with Gasteiger partial charge < -0.3 is 38.4 Å². The predicted molar refractivity (Wildman–Crippen MR) is 118 cm³/mol. The first-order valence-corrected chi connectivity index (χ1v) is 10.6. The number of cyclic esters (lactones) is 1. The molecule has 0 aromatic heterocycles. The molecule has 3 aliphatic heterocycles. The zero-order valence-electron chi connectivity index (χ0n) is 18.7. The topological polar surface area (TPSA) is 95.9 Å². The van der Waals surface area contributed by atoms with E-state index in [1.165, 1.54) is 7.11 Å². The van der Waals surface area contributed by atoms with E-state index >= 15 is 0 Å². The fourth-order valence-electron chi connectivity index (χ4n) is 4.80. The first kappa shape index (κ1) is 21.3. The quantitative estimate of drug-likeness (QED) is 0.658. The maximum absolute atomic E-state index is 13.0. The van der Waals surface area contributed by atoms with Crippen LogP contribution in [0.2, 0.25) is 0 Å². The van der Waals surface area contributed by atoms with Gasteiger partial charge in [0.1, 0.15) is 19.8 Å². The number of methoxy groups -OCH3 is 3. The molecule has 2 aromatic carbocycles. The van der Waals surface area contributed by atoms with Gasteiger partial charge in [-0.1, -0.05) is 6.07 Å². The van der Waals surface area contributed by atoms with Crippen molar-refractivity contribution in [3.05, 3.63) is 46.7 Å². The number of carbonyl (C=O) groups is 1. The summed E-state index contributed by atoms with van der Waals surface area (Å²) >= 11 is 0. The van der Waals surface area contributed by atoms with Crippen LogP contribution in [0.5, 0.6) is 28.7 Å². The fourth-order valence-corrected chi connectivity index (χ4v) is 4.80. The van der Waals surface area contributed by atoms with Crippen LogP contribution in [0.15, 0.2) is 35.5 Å². The van der Waals surface area contributed by atoms with Gasteiger partial charge in [0.15, 0.2) is 23.0 Å². The van der Waals surface area contributed by atoms with Crippen molar-refractivity contribution in [2.45, 2.75) is 5.92 Å². The molecule has 3 heterocycles. The van der Waals surface area contributed by atoms with Crippen molar-refractivity contribution < 1.29 is 38.3 Å². The molecule has 2 aromatic rings. The summed E-state index contributed by atoms with van der Waals surface area (Å²) in [6.45, 7) is 1.22. The van der Waals surface area contributed by atoms with Crippen LogP contribution >= 0.6 is 0 Å². The normalized spacial score (nSPS) is 18.5. The monoisotopic (exact) mass is 455 g/mol. The highest BCUT2D eigenvalue weighted by atomic mass is 16.6. The largest absolute Gasteiger partial charge is 0.493 e. The Balaban J connectivity index is 1.79. The van der Waals surface area contributed by atoms with Crippen molar-refractivity contribution in [2.75, 3.05) is 59.2 Å². The van der Waals surface area contributed by atoms with Crippen LogP contribution in [0.1, 0.15) is 17.0 Å². The summed E-state index contributed by atoms with van der Waals surface area (Å²) in [5.41, 5.74) is 3.56. The maximum atomic E-state index is 13.0. The number of carbonyl (C=O) groups excluding carboxylic acids is 1. The van der Waals surface area contributed by atoms with E-state index in [-0.39, 0.29) is 13.2 Å². The van der Waals surface area contributed by atoms with Crippen LogP contribution in [0.4, 0.5) is 5.69 Å². The Bertz CT molecular complexity index is 1140. The molecule has 0 radical (unpaired) electrons. The van der Waals surface area contributed by atoms with Crippen molar-refractivity contribution in [1.82, 2.24) is 0 Å². The number of hydrogen-bond donors (Lipinski definition) is 1. The highest BCUT2D eigenvalue weighted by molar-refractivity contribution is 5.98. The number of rotatable bonds is 6. The minimum absolute atomic E-state index is 0.0940. The molecule has 1 atom stereocenters. The zero-order valence-corrected chi connectivity index (χ0v) is 18.7. The number of esters is 1. The second-order valence-electron chi connectivity index (χ2n) is 7.72. The second-order valence-corrected chi connectivity index (χ2v) is 7.72. The summed E-state index contributed by atoms with van der Waals surface area (Å²) in [4.78, 5) is 14.9. The number of nitrogens with zero attached hydrogens (tertiary/aromatic N) is 1. The minimum atomic E-state index is -0.509. The summed E-state index contributed by atoms with van der Waals surface area (Å²) in [6, 6.07) is 7.44. The molecular weight excluding hydrogens is 430 g/mol. The van der Waals surface area contributed by atoms with Crippen molar-refractivity contribution in [3.63, 3.8) is 0 Å². The molecule has 0 bridgehead atoms. The van der Waals surface area contributed by atoms with Crippen LogP contribution in [-0.4, -0.2) is 65.4 Å². The molecule has 0 fully saturated rings. The third-order valence-corrected chi connectivity index (χ3v) is 6.15. The van der Waals surface area contributed by atoms with E-state index in [1.54, 1.807) is 20.3 Å². The molecule has 0 aliphatic carbocycles. The Morgan fingerprint density at radius 1 is 0.970 bits per heavy atom. The van der Waals surface area contributed by atoms with Crippen molar-refractivity contribution in [3.8, 4) is 28.7 Å². The van der Waals surface area contributed by atoms with E-state index in [1.807, 2.05) is 23.1 Å². The van der Waals surface area contributed by atoms with Crippen LogP contribution in [-0.2, 0) is 9.53 Å². The molecule has 1 N–H and O–H groups in total. The second kappa shape index (κ2) is 8.40. The molecular formula is C24H25NO8. The highest BCUT2D eigenvalue weighted by Crippen LogP contribution is 2.54. The number of hydrogen-bond acceptors (Lipinski definition) is 9. The summed E-state index contributed by atoms with van der Waals surface area (Å²) in [5, 5.41) is 9.76. The van der Waals surface area contributed by atoms with E-state index in [4.69, 9.17) is 28.4 Å². The number of anilines is 1. The third kappa shape index (κ3) is 3.22. The first-order valence-electron chi connectivity index (χ1n) is 10.6. The van der Waals surface area contributed by atoms with E-state index in [0.29, 0.717) is 59.8 Å². The molecule has 9 heteroatoms. The number of fused-ring (bicyclic) bond motifs is 2. The van der Waals surface area contributed by atoms with Gasteiger partial charge in [0.2, 0.25) is 5.75 Å². The number of benzene rings is 2. The van der Waals surface area contributed by atoms with Crippen molar-refractivity contribution >= 4 is 11.7 Å². The Morgan fingerprint density at radius 3 is 2.36 bits per heavy atom. The SMILES string of the molecule is COc1ccc(C2C3=C(COC3=O)N(CCO)c3cc4c(cc32)OCCO4)c(OC)c1OC. The molecule has 0 saturated carbocycles. The summed E-state index contributed by atoms with van der Waals surface area (Å²) < 4.78 is 33.9. The maximum Gasteiger partial charge on any atom is 0.337 e. The number of aliphatic hydroxyl groups is 1. The van der Waals surface area contributed by atoms with Crippen LogP contribution < -0.4 is 28.6 Å². The van der Waals surface area contributed by atoms with E-state index in [0.717, 1.165) is 16.8 Å². The molecule has 1 unspecified atom stereocenters.